The van der Waals surface area contributed by atoms with Gasteiger partial charge in [-0.2, -0.15) is 0 Å². The van der Waals surface area contributed by atoms with Crippen LogP contribution in [-0.4, -0.2) is 47.4 Å². The van der Waals surface area contributed by atoms with E-state index in [0.717, 1.165) is 23.3 Å². The largest absolute Gasteiger partial charge is 0.491 e. The van der Waals surface area contributed by atoms with Crippen LogP contribution in [0, 0.1) is 12.7 Å². The highest BCUT2D eigenvalue weighted by Crippen LogP contribution is 2.34. The van der Waals surface area contributed by atoms with Crippen LogP contribution in [0.15, 0.2) is 60.0 Å². The van der Waals surface area contributed by atoms with Gasteiger partial charge in [-0.05, 0) is 80.1 Å². The van der Waals surface area contributed by atoms with Crippen molar-refractivity contribution in [3.8, 4) is 5.75 Å². The second-order valence-electron chi connectivity index (χ2n) is 8.97. The van der Waals surface area contributed by atoms with Gasteiger partial charge in [-0.3, -0.25) is 9.59 Å². The summed E-state index contributed by atoms with van der Waals surface area (Å²) in [5.74, 6) is -0.0226. The van der Waals surface area contributed by atoms with Crippen molar-refractivity contribution in [2.45, 2.75) is 45.7 Å². The minimum absolute atomic E-state index is 0.0360. The van der Waals surface area contributed by atoms with Gasteiger partial charge in [0.1, 0.15) is 24.7 Å². The minimum Gasteiger partial charge on any atom is -0.491 e. The van der Waals surface area contributed by atoms with Gasteiger partial charge in [0.15, 0.2) is 0 Å². The second-order valence-corrected chi connectivity index (χ2v) is 9.97. The predicted molar refractivity (Wildman–Crippen MR) is 136 cm³/mol. The SMILES string of the molecule is CC[C@H](C)N(CC(=O)N1CCc2sccc2[C@H]1COc1ccc(C)cc1)C(=O)c1ccc(F)cc1. The number of ether oxygens (including phenoxy) is 1. The Bertz CT molecular complexity index is 1160. The van der Waals surface area contributed by atoms with Crippen LogP contribution in [-0.2, 0) is 11.2 Å². The number of nitrogens with zero attached hydrogens (tertiary/aromatic N) is 2. The normalized spacial score (nSPS) is 15.9. The fourth-order valence-electron chi connectivity index (χ4n) is 4.33. The monoisotopic (exact) mass is 494 g/mol. The standard InChI is InChI=1S/C28H31FN2O3S/c1-4-20(3)31(28(33)21-7-9-22(29)10-8-21)17-27(32)30-15-13-26-24(14-16-35-26)25(30)18-34-23-11-5-19(2)6-12-23/h5-12,14,16,20,25H,4,13,15,17-18H2,1-3H3/t20-,25+/m0/s1. The van der Waals surface area contributed by atoms with Crippen LogP contribution in [0.4, 0.5) is 4.39 Å². The number of rotatable bonds is 8. The van der Waals surface area contributed by atoms with Crippen LogP contribution in [0.3, 0.4) is 0 Å². The lowest BCUT2D eigenvalue weighted by Gasteiger charge is -2.38. The Morgan fingerprint density at radius 1 is 1.14 bits per heavy atom. The quantitative estimate of drug-likeness (QED) is 0.407. The van der Waals surface area contributed by atoms with E-state index in [-0.39, 0.29) is 30.4 Å². The predicted octanol–water partition coefficient (Wildman–Crippen LogP) is 5.64. The Morgan fingerprint density at radius 2 is 1.86 bits per heavy atom. The number of carbonyl (C=O) groups excluding carboxylic acids is 2. The van der Waals surface area contributed by atoms with E-state index >= 15 is 0 Å². The van der Waals surface area contributed by atoms with Gasteiger partial charge in [0.05, 0.1) is 6.04 Å². The first-order valence-electron chi connectivity index (χ1n) is 12.0. The Morgan fingerprint density at radius 3 is 2.54 bits per heavy atom. The third-order valence-corrected chi connectivity index (χ3v) is 7.62. The molecule has 0 unspecified atom stereocenters. The molecule has 2 aromatic carbocycles. The van der Waals surface area contributed by atoms with Crippen LogP contribution in [0.2, 0.25) is 0 Å². The van der Waals surface area contributed by atoms with Gasteiger partial charge < -0.3 is 14.5 Å². The molecule has 7 heteroatoms. The molecule has 2 heterocycles. The third-order valence-electron chi connectivity index (χ3n) is 6.62. The lowest BCUT2D eigenvalue weighted by molar-refractivity contribution is -0.136. The Labute approximate surface area is 210 Å². The van der Waals surface area contributed by atoms with E-state index in [1.54, 1.807) is 16.2 Å². The molecule has 0 saturated heterocycles. The van der Waals surface area contributed by atoms with Crippen molar-refractivity contribution < 1.29 is 18.7 Å². The van der Waals surface area contributed by atoms with Crippen molar-refractivity contribution in [2.75, 3.05) is 19.7 Å². The first-order valence-corrected chi connectivity index (χ1v) is 12.9. The van der Waals surface area contributed by atoms with Crippen LogP contribution in [0.5, 0.6) is 5.75 Å². The van der Waals surface area contributed by atoms with Crippen LogP contribution >= 0.6 is 11.3 Å². The smallest absolute Gasteiger partial charge is 0.254 e. The molecule has 2 atom stereocenters. The summed E-state index contributed by atoms with van der Waals surface area (Å²) in [5.41, 5.74) is 2.64. The molecule has 0 aliphatic carbocycles. The van der Waals surface area contributed by atoms with Gasteiger partial charge in [0.25, 0.3) is 5.91 Å². The fraction of sp³-hybridized carbons (Fsp3) is 0.357. The van der Waals surface area contributed by atoms with Gasteiger partial charge >= 0.3 is 0 Å². The molecule has 0 bridgehead atoms. The summed E-state index contributed by atoms with van der Waals surface area (Å²) in [4.78, 5) is 31.6. The maximum Gasteiger partial charge on any atom is 0.254 e. The summed E-state index contributed by atoms with van der Waals surface area (Å²) in [7, 11) is 0. The Balaban J connectivity index is 1.54. The van der Waals surface area contributed by atoms with Gasteiger partial charge in [-0.15, -0.1) is 11.3 Å². The van der Waals surface area contributed by atoms with Crippen molar-refractivity contribution in [3.63, 3.8) is 0 Å². The first kappa shape index (κ1) is 24.9. The summed E-state index contributed by atoms with van der Waals surface area (Å²) < 4.78 is 19.5. The zero-order valence-electron chi connectivity index (χ0n) is 20.4. The summed E-state index contributed by atoms with van der Waals surface area (Å²) in [5, 5.41) is 2.06. The number of halogens is 1. The topological polar surface area (TPSA) is 49.9 Å². The highest BCUT2D eigenvalue weighted by atomic mass is 32.1. The number of aryl methyl sites for hydroxylation is 1. The highest BCUT2D eigenvalue weighted by Gasteiger charge is 2.34. The number of amides is 2. The minimum atomic E-state index is -0.399. The number of benzene rings is 2. The average molecular weight is 495 g/mol. The lowest BCUT2D eigenvalue weighted by Crippen LogP contribution is -2.49. The molecule has 2 amide bonds. The van der Waals surface area contributed by atoms with E-state index in [9.17, 15) is 14.0 Å². The van der Waals surface area contributed by atoms with Gasteiger partial charge in [-0.1, -0.05) is 24.6 Å². The van der Waals surface area contributed by atoms with Crippen molar-refractivity contribution in [3.05, 3.63) is 87.4 Å². The van der Waals surface area contributed by atoms with Crippen LogP contribution in [0.1, 0.15) is 52.7 Å². The molecule has 184 valence electrons. The lowest BCUT2D eigenvalue weighted by atomic mass is 10.00. The molecule has 0 spiro atoms. The molecule has 0 saturated carbocycles. The molecular formula is C28H31FN2O3S. The van der Waals surface area contributed by atoms with Crippen molar-refractivity contribution >= 4 is 23.2 Å². The maximum absolute atomic E-state index is 13.6. The van der Waals surface area contributed by atoms with Gasteiger partial charge in [-0.25, -0.2) is 4.39 Å². The molecule has 1 aromatic heterocycles. The number of carbonyl (C=O) groups is 2. The molecular weight excluding hydrogens is 463 g/mol. The first-order chi connectivity index (χ1) is 16.9. The molecule has 0 radical (unpaired) electrons. The zero-order valence-corrected chi connectivity index (χ0v) is 21.2. The van der Waals surface area contributed by atoms with E-state index in [1.165, 1.54) is 29.1 Å². The van der Waals surface area contributed by atoms with E-state index in [0.29, 0.717) is 25.1 Å². The highest BCUT2D eigenvalue weighted by molar-refractivity contribution is 7.10. The Hall–Kier alpha value is -3.19. The van der Waals surface area contributed by atoms with Crippen molar-refractivity contribution in [1.82, 2.24) is 9.80 Å². The molecule has 4 rings (SSSR count). The number of hydrogen-bond donors (Lipinski definition) is 0. The summed E-state index contributed by atoms with van der Waals surface area (Å²) in [6.45, 7) is 6.82. The zero-order chi connectivity index (χ0) is 24.9. The van der Waals surface area contributed by atoms with E-state index < -0.39 is 5.82 Å². The fourth-order valence-corrected chi connectivity index (χ4v) is 5.26. The van der Waals surface area contributed by atoms with E-state index in [1.807, 2.05) is 49.9 Å². The Kier molecular flexibility index (Phi) is 7.86. The van der Waals surface area contributed by atoms with Crippen LogP contribution < -0.4 is 4.74 Å². The molecule has 0 fully saturated rings. The summed E-state index contributed by atoms with van der Waals surface area (Å²) in [6, 6.07) is 15.0. The molecule has 1 aliphatic rings. The maximum atomic E-state index is 13.6. The number of thiophene rings is 1. The average Bonchev–Trinajstić information content (AvgIpc) is 3.35. The summed E-state index contributed by atoms with van der Waals surface area (Å²) in [6.07, 6.45) is 1.49. The van der Waals surface area contributed by atoms with E-state index in [4.69, 9.17) is 4.74 Å². The third kappa shape index (κ3) is 5.73. The molecule has 0 N–H and O–H groups in total. The van der Waals surface area contributed by atoms with Crippen LogP contribution in [0.25, 0.3) is 0 Å². The number of fused-ring (bicyclic) bond motifs is 1. The van der Waals surface area contributed by atoms with Crippen molar-refractivity contribution in [2.24, 2.45) is 0 Å². The van der Waals surface area contributed by atoms with Crippen molar-refractivity contribution in [1.29, 1.82) is 0 Å². The van der Waals surface area contributed by atoms with Gasteiger partial charge in [0.2, 0.25) is 5.91 Å². The van der Waals surface area contributed by atoms with E-state index in [2.05, 4.69) is 11.4 Å². The molecule has 35 heavy (non-hydrogen) atoms. The summed E-state index contributed by atoms with van der Waals surface area (Å²) >= 11 is 1.70. The second kappa shape index (κ2) is 11.0. The molecule has 1 aliphatic heterocycles. The van der Waals surface area contributed by atoms with Gasteiger partial charge in [0, 0.05) is 23.0 Å². The molecule has 3 aromatic rings. The molecule has 5 nitrogen and oxygen atoms in total. The number of hydrogen-bond acceptors (Lipinski definition) is 4.